The molecule has 0 bridgehead atoms. The second-order valence-electron chi connectivity index (χ2n) is 3.88. The number of alkyl carbamates (subject to hydrolysis) is 1. The van der Waals surface area contributed by atoms with Crippen LogP contribution in [0.2, 0.25) is 0 Å². The van der Waals surface area contributed by atoms with Gasteiger partial charge in [0.25, 0.3) is 0 Å². The molecule has 1 fully saturated rings. The van der Waals surface area contributed by atoms with E-state index in [1.165, 1.54) is 0 Å². The highest BCUT2D eigenvalue weighted by Gasteiger charge is 2.29. The fourth-order valence-electron chi connectivity index (χ4n) is 1.95. The van der Waals surface area contributed by atoms with Gasteiger partial charge in [-0.15, -0.1) is 0 Å². The third-order valence-electron chi connectivity index (χ3n) is 2.71. The highest BCUT2D eigenvalue weighted by atomic mass is 16.6. The first-order chi connectivity index (χ1) is 8.15. The minimum atomic E-state index is -0.417. The van der Waals surface area contributed by atoms with E-state index >= 15 is 0 Å². The van der Waals surface area contributed by atoms with Crippen molar-refractivity contribution in [1.82, 2.24) is 5.32 Å². The maximum absolute atomic E-state index is 11.1. The first-order valence-corrected chi connectivity index (χ1v) is 5.31. The predicted octanol–water partition coefficient (Wildman–Crippen LogP) is 1.79. The van der Waals surface area contributed by atoms with Gasteiger partial charge in [-0.1, -0.05) is 0 Å². The molecule has 0 aromatic heterocycles. The normalized spacial score (nSPS) is 18.5. The Morgan fingerprint density at radius 3 is 2.29 bits per heavy atom. The molecule has 92 valence electrons. The molecule has 0 saturated carbocycles. The number of rotatable bonds is 3. The Morgan fingerprint density at radius 2 is 1.88 bits per heavy atom. The van der Waals surface area contributed by atoms with Crippen LogP contribution in [0.1, 0.15) is 17.2 Å². The van der Waals surface area contributed by atoms with E-state index in [-0.39, 0.29) is 12.6 Å². The van der Waals surface area contributed by atoms with Crippen LogP contribution in [-0.2, 0) is 4.74 Å². The van der Waals surface area contributed by atoms with Gasteiger partial charge in [-0.2, -0.15) is 0 Å². The summed E-state index contributed by atoms with van der Waals surface area (Å²) in [6.07, 6.45) is -0.417. The Kier molecular flexibility index (Phi) is 3.08. The molecule has 0 radical (unpaired) electrons. The van der Waals surface area contributed by atoms with Gasteiger partial charge >= 0.3 is 6.09 Å². The number of hydrogen-bond donors (Lipinski definition) is 1. The number of ether oxygens (including phenoxy) is 3. The van der Waals surface area contributed by atoms with E-state index in [2.05, 4.69) is 5.32 Å². The van der Waals surface area contributed by atoms with Crippen LogP contribution in [0.5, 0.6) is 11.5 Å². The Balaban J connectivity index is 2.46. The summed E-state index contributed by atoms with van der Waals surface area (Å²) >= 11 is 0. The van der Waals surface area contributed by atoms with E-state index in [0.29, 0.717) is 11.5 Å². The van der Waals surface area contributed by atoms with Crippen molar-refractivity contribution in [3.8, 4) is 11.5 Å². The molecule has 1 saturated heterocycles. The number of methoxy groups -OCH3 is 2. The van der Waals surface area contributed by atoms with E-state index in [1.54, 1.807) is 14.2 Å². The van der Waals surface area contributed by atoms with Gasteiger partial charge in [0, 0.05) is 0 Å². The molecular weight excluding hydrogens is 222 g/mol. The van der Waals surface area contributed by atoms with E-state index in [1.807, 2.05) is 19.1 Å². The summed E-state index contributed by atoms with van der Waals surface area (Å²) < 4.78 is 15.5. The minimum absolute atomic E-state index is 0.229. The molecule has 1 N–H and O–H groups in total. The van der Waals surface area contributed by atoms with Gasteiger partial charge < -0.3 is 19.5 Å². The monoisotopic (exact) mass is 237 g/mol. The van der Waals surface area contributed by atoms with Crippen molar-refractivity contribution in [2.45, 2.75) is 13.0 Å². The summed E-state index contributed by atoms with van der Waals surface area (Å²) in [5.74, 6) is 1.38. The standard InChI is InChI=1S/C12H15NO4/c1-7-4-9(15-2)11(10(5-7)16-3)8-6-17-12(14)13-8/h4-5,8H,6H2,1-3H3,(H,13,14)/t8-/m0/s1. The molecule has 1 atom stereocenters. The summed E-state index contributed by atoms with van der Waals surface area (Å²) in [4.78, 5) is 11.1. The Morgan fingerprint density at radius 1 is 1.29 bits per heavy atom. The number of hydrogen-bond acceptors (Lipinski definition) is 4. The molecule has 1 amide bonds. The third-order valence-corrected chi connectivity index (χ3v) is 2.71. The summed E-state index contributed by atoms with van der Waals surface area (Å²) in [6.45, 7) is 2.24. The molecule has 1 aliphatic heterocycles. The first-order valence-electron chi connectivity index (χ1n) is 5.31. The number of carbonyl (C=O) groups is 1. The highest BCUT2D eigenvalue weighted by molar-refractivity contribution is 5.71. The van der Waals surface area contributed by atoms with Crippen molar-refractivity contribution in [3.63, 3.8) is 0 Å². The van der Waals surface area contributed by atoms with Gasteiger partial charge in [-0.3, -0.25) is 0 Å². The van der Waals surface area contributed by atoms with Gasteiger partial charge in [0.1, 0.15) is 18.1 Å². The zero-order chi connectivity index (χ0) is 12.4. The second-order valence-corrected chi connectivity index (χ2v) is 3.88. The zero-order valence-electron chi connectivity index (χ0n) is 10.1. The summed E-state index contributed by atoms with van der Waals surface area (Å²) in [5, 5.41) is 2.72. The fraction of sp³-hybridized carbons (Fsp3) is 0.417. The average Bonchev–Trinajstić information content (AvgIpc) is 2.74. The van der Waals surface area contributed by atoms with Crippen molar-refractivity contribution in [2.24, 2.45) is 0 Å². The highest BCUT2D eigenvalue weighted by Crippen LogP contribution is 2.36. The number of benzene rings is 1. The molecule has 0 aliphatic carbocycles. The van der Waals surface area contributed by atoms with Gasteiger partial charge in [-0.25, -0.2) is 4.79 Å². The summed E-state index contributed by atoms with van der Waals surface area (Å²) in [5.41, 5.74) is 1.85. The van der Waals surface area contributed by atoms with Crippen molar-refractivity contribution in [1.29, 1.82) is 0 Å². The van der Waals surface area contributed by atoms with Crippen molar-refractivity contribution < 1.29 is 19.0 Å². The van der Waals surface area contributed by atoms with Gasteiger partial charge in [-0.05, 0) is 24.6 Å². The maximum Gasteiger partial charge on any atom is 0.407 e. The number of nitrogens with one attached hydrogen (secondary N) is 1. The molecule has 1 heterocycles. The van der Waals surface area contributed by atoms with Crippen LogP contribution in [0.4, 0.5) is 4.79 Å². The quantitative estimate of drug-likeness (QED) is 0.870. The predicted molar refractivity (Wildman–Crippen MR) is 61.5 cm³/mol. The SMILES string of the molecule is COc1cc(C)cc(OC)c1[C@@H]1COC(=O)N1. The van der Waals surface area contributed by atoms with Gasteiger partial charge in [0.15, 0.2) is 0 Å². The number of aryl methyl sites for hydroxylation is 1. The maximum atomic E-state index is 11.1. The molecule has 0 spiro atoms. The summed E-state index contributed by atoms with van der Waals surface area (Å²) in [7, 11) is 3.19. The van der Waals surface area contributed by atoms with E-state index in [0.717, 1.165) is 11.1 Å². The topological polar surface area (TPSA) is 56.8 Å². The first kappa shape index (κ1) is 11.6. The molecule has 0 unspecified atom stereocenters. The summed E-state index contributed by atoms with van der Waals surface area (Å²) in [6, 6.07) is 3.58. The molecule has 1 aliphatic rings. The van der Waals surface area contributed by atoms with Crippen LogP contribution >= 0.6 is 0 Å². The molecule has 5 nitrogen and oxygen atoms in total. The van der Waals surface area contributed by atoms with Crippen LogP contribution in [0.25, 0.3) is 0 Å². The lowest BCUT2D eigenvalue weighted by atomic mass is 10.0. The fourth-order valence-corrected chi connectivity index (χ4v) is 1.95. The second kappa shape index (κ2) is 4.53. The van der Waals surface area contributed by atoms with Crippen LogP contribution in [0.15, 0.2) is 12.1 Å². The molecule has 2 rings (SSSR count). The molecular formula is C12H15NO4. The van der Waals surface area contributed by atoms with Crippen LogP contribution in [-0.4, -0.2) is 26.9 Å². The Labute approximate surface area is 99.7 Å². The molecule has 5 heteroatoms. The van der Waals surface area contributed by atoms with Crippen LogP contribution < -0.4 is 14.8 Å². The number of carbonyl (C=O) groups excluding carboxylic acids is 1. The van der Waals surface area contributed by atoms with E-state index in [9.17, 15) is 4.79 Å². The van der Waals surface area contributed by atoms with Crippen molar-refractivity contribution in [2.75, 3.05) is 20.8 Å². The van der Waals surface area contributed by atoms with Crippen molar-refractivity contribution >= 4 is 6.09 Å². The zero-order valence-corrected chi connectivity index (χ0v) is 10.1. The van der Waals surface area contributed by atoms with Crippen molar-refractivity contribution in [3.05, 3.63) is 23.3 Å². The number of amides is 1. The lowest BCUT2D eigenvalue weighted by molar-refractivity contribution is 0.176. The Bertz CT molecular complexity index is 419. The smallest absolute Gasteiger partial charge is 0.407 e. The van der Waals surface area contributed by atoms with E-state index in [4.69, 9.17) is 14.2 Å². The third kappa shape index (κ3) is 2.13. The van der Waals surface area contributed by atoms with Gasteiger partial charge in [0.05, 0.1) is 25.8 Å². The van der Waals surface area contributed by atoms with Gasteiger partial charge in [0.2, 0.25) is 0 Å². The minimum Gasteiger partial charge on any atom is -0.496 e. The van der Waals surface area contributed by atoms with E-state index < -0.39 is 6.09 Å². The average molecular weight is 237 g/mol. The number of cyclic esters (lactones) is 1. The largest absolute Gasteiger partial charge is 0.496 e. The molecule has 17 heavy (non-hydrogen) atoms. The Hall–Kier alpha value is -1.91. The lowest BCUT2D eigenvalue weighted by Crippen LogP contribution is -2.19. The lowest BCUT2D eigenvalue weighted by Gasteiger charge is -2.17. The van der Waals surface area contributed by atoms with Crippen LogP contribution in [0, 0.1) is 6.92 Å². The molecule has 1 aromatic carbocycles. The molecule has 1 aromatic rings. The van der Waals surface area contributed by atoms with Crippen LogP contribution in [0.3, 0.4) is 0 Å².